The molecule has 0 unspecified atom stereocenters. The van der Waals surface area contributed by atoms with E-state index in [9.17, 15) is 4.79 Å². The molecule has 0 amide bonds. The minimum absolute atomic E-state index is 0.0324. The zero-order valence-corrected chi connectivity index (χ0v) is 8.00. The summed E-state index contributed by atoms with van der Waals surface area (Å²) in [6, 6.07) is 5.67. The number of H-pyrrole nitrogens is 1. The first-order valence-corrected chi connectivity index (χ1v) is 4.54. The van der Waals surface area contributed by atoms with Crippen LogP contribution in [0.4, 0.5) is 0 Å². The summed E-state index contributed by atoms with van der Waals surface area (Å²) in [5.74, 6) is 0. The number of fused-ring (bicyclic) bond motifs is 1. The van der Waals surface area contributed by atoms with Crippen molar-refractivity contribution in [1.82, 2.24) is 4.98 Å². The predicted molar refractivity (Wildman–Crippen MR) is 57.2 cm³/mol. The van der Waals surface area contributed by atoms with E-state index in [1.165, 1.54) is 0 Å². The molecule has 3 N–H and O–H groups in total. The minimum Gasteiger partial charge on any atom is -0.360 e. The summed E-state index contributed by atoms with van der Waals surface area (Å²) in [5.41, 5.74) is 8.09. The average molecular weight is 188 g/mol. The fourth-order valence-corrected chi connectivity index (χ4v) is 1.60. The van der Waals surface area contributed by atoms with Crippen LogP contribution in [0.25, 0.3) is 10.9 Å². The Morgan fingerprint density at radius 3 is 2.93 bits per heavy atom. The van der Waals surface area contributed by atoms with Gasteiger partial charge in [-0.05, 0) is 18.6 Å². The number of aromatic amines is 1. The number of aryl methyl sites for hydroxylation is 1. The maximum atomic E-state index is 11.8. The van der Waals surface area contributed by atoms with Gasteiger partial charge in [-0.25, -0.2) is 0 Å². The van der Waals surface area contributed by atoms with E-state index in [1.54, 1.807) is 6.20 Å². The first kappa shape index (κ1) is 8.97. The van der Waals surface area contributed by atoms with Crippen molar-refractivity contribution in [2.24, 2.45) is 5.73 Å². The number of rotatable bonds is 1. The van der Waals surface area contributed by atoms with E-state index in [0.717, 1.165) is 11.1 Å². The fourth-order valence-electron chi connectivity index (χ4n) is 1.60. The molecule has 0 radical (unpaired) electrons. The molecular formula is C11H12N2O. The van der Waals surface area contributed by atoms with Gasteiger partial charge in [-0.2, -0.15) is 0 Å². The normalized spacial score (nSPS) is 10.7. The molecule has 0 aliphatic rings. The Balaban J connectivity index is 2.91. The third kappa shape index (κ3) is 1.22. The Bertz CT molecular complexity index is 528. The molecule has 0 saturated carbocycles. The van der Waals surface area contributed by atoms with E-state index < -0.39 is 0 Å². The van der Waals surface area contributed by atoms with Crippen LogP contribution in [-0.4, -0.2) is 4.98 Å². The maximum Gasteiger partial charge on any atom is 0.193 e. The van der Waals surface area contributed by atoms with Crippen molar-refractivity contribution in [3.63, 3.8) is 0 Å². The summed E-state index contributed by atoms with van der Waals surface area (Å²) in [4.78, 5) is 14.9. The van der Waals surface area contributed by atoms with Crippen molar-refractivity contribution in [2.45, 2.75) is 13.5 Å². The maximum absolute atomic E-state index is 11.8. The van der Waals surface area contributed by atoms with Crippen LogP contribution in [-0.2, 0) is 6.54 Å². The molecule has 0 fully saturated rings. The lowest BCUT2D eigenvalue weighted by Gasteiger charge is -2.03. The molecule has 1 aromatic carbocycles. The van der Waals surface area contributed by atoms with Crippen LogP contribution in [0.2, 0.25) is 0 Å². The number of nitrogens with one attached hydrogen (secondary N) is 1. The molecule has 0 spiro atoms. The van der Waals surface area contributed by atoms with Gasteiger partial charge in [-0.15, -0.1) is 0 Å². The van der Waals surface area contributed by atoms with Crippen LogP contribution < -0.4 is 11.2 Å². The number of hydrogen-bond acceptors (Lipinski definition) is 2. The van der Waals surface area contributed by atoms with Crippen molar-refractivity contribution < 1.29 is 0 Å². The number of pyridine rings is 1. The van der Waals surface area contributed by atoms with Gasteiger partial charge in [-0.1, -0.05) is 12.1 Å². The highest BCUT2D eigenvalue weighted by Gasteiger charge is 2.04. The second-order valence-electron chi connectivity index (χ2n) is 3.34. The van der Waals surface area contributed by atoms with Crippen LogP contribution in [0, 0.1) is 6.92 Å². The van der Waals surface area contributed by atoms with E-state index in [0.29, 0.717) is 10.9 Å². The monoisotopic (exact) mass is 188 g/mol. The van der Waals surface area contributed by atoms with E-state index in [-0.39, 0.29) is 12.0 Å². The summed E-state index contributed by atoms with van der Waals surface area (Å²) in [6.45, 7) is 2.25. The zero-order valence-electron chi connectivity index (χ0n) is 8.00. The summed E-state index contributed by atoms with van der Waals surface area (Å²) >= 11 is 0. The molecule has 14 heavy (non-hydrogen) atoms. The van der Waals surface area contributed by atoms with E-state index in [1.807, 2.05) is 25.1 Å². The number of hydrogen-bond donors (Lipinski definition) is 2. The fraction of sp³-hybridized carbons (Fsp3) is 0.182. The Kier molecular flexibility index (Phi) is 2.09. The van der Waals surface area contributed by atoms with Crippen molar-refractivity contribution in [2.75, 3.05) is 0 Å². The molecule has 1 aromatic heterocycles. The highest BCUT2D eigenvalue weighted by atomic mass is 16.1. The number of benzene rings is 1. The van der Waals surface area contributed by atoms with Gasteiger partial charge in [0.15, 0.2) is 5.43 Å². The third-order valence-corrected chi connectivity index (χ3v) is 2.42. The van der Waals surface area contributed by atoms with Gasteiger partial charge in [0.05, 0.1) is 5.52 Å². The lowest BCUT2D eigenvalue weighted by Crippen LogP contribution is -2.14. The molecule has 1 heterocycles. The molecule has 0 aliphatic heterocycles. The van der Waals surface area contributed by atoms with Crippen molar-refractivity contribution in [3.05, 3.63) is 45.7 Å². The lowest BCUT2D eigenvalue weighted by atomic mass is 10.1. The van der Waals surface area contributed by atoms with Crippen LogP contribution >= 0.6 is 0 Å². The minimum atomic E-state index is 0.0324. The average Bonchev–Trinajstić information content (AvgIpc) is 2.20. The molecule has 3 nitrogen and oxygen atoms in total. The Labute approximate surface area is 81.6 Å². The molecule has 72 valence electrons. The van der Waals surface area contributed by atoms with Crippen LogP contribution in [0.3, 0.4) is 0 Å². The van der Waals surface area contributed by atoms with E-state index in [2.05, 4.69) is 4.98 Å². The topological polar surface area (TPSA) is 58.9 Å². The summed E-state index contributed by atoms with van der Waals surface area (Å²) in [5, 5.41) is 0.716. The molecule has 0 bridgehead atoms. The molecular weight excluding hydrogens is 176 g/mol. The van der Waals surface area contributed by atoms with Crippen LogP contribution in [0.1, 0.15) is 11.1 Å². The molecule has 0 saturated heterocycles. The smallest absolute Gasteiger partial charge is 0.193 e. The summed E-state index contributed by atoms with van der Waals surface area (Å²) < 4.78 is 0. The third-order valence-electron chi connectivity index (χ3n) is 2.42. The standard InChI is InChI=1S/C11H12N2O/c1-7-3-2-4-9-10(7)13-6-8(5-12)11(9)14/h2-4,6H,5,12H2,1H3,(H,13,14). The molecule has 2 aromatic rings. The first-order chi connectivity index (χ1) is 6.74. The molecule has 2 rings (SSSR count). The van der Waals surface area contributed by atoms with Crippen molar-refractivity contribution in [1.29, 1.82) is 0 Å². The van der Waals surface area contributed by atoms with Gasteiger partial charge in [0.25, 0.3) is 0 Å². The van der Waals surface area contributed by atoms with Gasteiger partial charge < -0.3 is 10.7 Å². The lowest BCUT2D eigenvalue weighted by molar-refractivity contribution is 1.04. The largest absolute Gasteiger partial charge is 0.360 e. The van der Waals surface area contributed by atoms with Gasteiger partial charge >= 0.3 is 0 Å². The van der Waals surface area contributed by atoms with Crippen molar-refractivity contribution >= 4 is 10.9 Å². The SMILES string of the molecule is Cc1cccc2c(=O)c(CN)c[nH]c12. The Hall–Kier alpha value is -1.61. The Morgan fingerprint density at radius 2 is 2.21 bits per heavy atom. The van der Waals surface area contributed by atoms with Gasteiger partial charge in [0, 0.05) is 23.7 Å². The van der Waals surface area contributed by atoms with Crippen LogP contribution in [0.15, 0.2) is 29.2 Å². The van der Waals surface area contributed by atoms with Crippen LogP contribution in [0.5, 0.6) is 0 Å². The highest BCUT2D eigenvalue weighted by molar-refractivity contribution is 5.81. The zero-order chi connectivity index (χ0) is 10.1. The summed E-state index contributed by atoms with van der Waals surface area (Å²) in [7, 11) is 0. The first-order valence-electron chi connectivity index (χ1n) is 4.54. The van der Waals surface area contributed by atoms with Gasteiger partial charge in [-0.3, -0.25) is 4.79 Å². The second kappa shape index (κ2) is 3.27. The quantitative estimate of drug-likeness (QED) is 0.708. The van der Waals surface area contributed by atoms with Crippen molar-refractivity contribution in [3.8, 4) is 0 Å². The molecule has 0 aliphatic carbocycles. The number of para-hydroxylation sites is 1. The molecule has 0 atom stereocenters. The Morgan fingerprint density at radius 1 is 1.43 bits per heavy atom. The predicted octanol–water partition coefficient (Wildman–Crippen LogP) is 1.30. The van der Waals surface area contributed by atoms with Gasteiger partial charge in [0.1, 0.15) is 0 Å². The highest BCUT2D eigenvalue weighted by Crippen LogP contribution is 2.12. The van der Waals surface area contributed by atoms with Gasteiger partial charge in [0.2, 0.25) is 0 Å². The molecule has 3 heteroatoms. The van der Waals surface area contributed by atoms with E-state index >= 15 is 0 Å². The number of aromatic nitrogens is 1. The second-order valence-corrected chi connectivity index (χ2v) is 3.34. The number of nitrogens with two attached hydrogens (primary N) is 1. The van der Waals surface area contributed by atoms with E-state index in [4.69, 9.17) is 5.73 Å². The summed E-state index contributed by atoms with van der Waals surface area (Å²) in [6.07, 6.45) is 1.69.